The maximum Gasteiger partial charge on any atom is 0.224 e. The second kappa shape index (κ2) is 13.3. The minimum Gasteiger partial charge on any atom is -0.486 e. The maximum absolute atomic E-state index is 11.5. The molecule has 2 aromatic carbocycles. The Balaban J connectivity index is 1.61. The van der Waals surface area contributed by atoms with Crippen LogP contribution in [0, 0.1) is 0 Å². The third-order valence-electron chi connectivity index (χ3n) is 5.77. The normalized spacial score (nSPS) is 11.5. The molecule has 35 heavy (non-hydrogen) atoms. The SMILES string of the molecule is CCNc1ncc(C=O)c(N(C)CCN(C)c2ccc(OC(CCNC)c3ccccc3)cc2)n1. The molecule has 0 aliphatic heterocycles. The average Bonchev–Trinajstić information content (AvgIpc) is 2.90. The van der Waals surface area contributed by atoms with Gasteiger partial charge in [-0.15, -0.1) is 0 Å². The molecule has 2 N–H and O–H groups in total. The summed E-state index contributed by atoms with van der Waals surface area (Å²) in [6.45, 7) is 5.02. The van der Waals surface area contributed by atoms with Crippen molar-refractivity contribution in [1.29, 1.82) is 0 Å². The number of nitrogens with zero attached hydrogens (tertiary/aromatic N) is 4. The lowest BCUT2D eigenvalue weighted by Crippen LogP contribution is -2.32. The molecule has 0 saturated carbocycles. The largest absolute Gasteiger partial charge is 0.486 e. The first-order valence-corrected chi connectivity index (χ1v) is 12.0. The molecule has 0 radical (unpaired) electrons. The summed E-state index contributed by atoms with van der Waals surface area (Å²) in [5.41, 5.74) is 2.73. The Morgan fingerprint density at radius 1 is 1.03 bits per heavy atom. The van der Waals surface area contributed by atoms with Crippen molar-refractivity contribution >= 4 is 23.7 Å². The van der Waals surface area contributed by atoms with Gasteiger partial charge in [0.15, 0.2) is 6.29 Å². The Kier molecular flexibility index (Phi) is 9.86. The number of ether oxygens (including phenoxy) is 1. The highest BCUT2D eigenvalue weighted by Crippen LogP contribution is 2.26. The standard InChI is InChI=1S/C27H36N6O2/c1-5-29-27-30-19-22(20-34)26(31-27)33(4)18-17-32(3)23-11-13-24(14-12-23)35-25(15-16-28-2)21-9-7-6-8-10-21/h6-14,19-20,25,28H,5,15-18H2,1-4H3,(H,29,30,31). The van der Waals surface area contributed by atoms with Crippen LogP contribution >= 0.6 is 0 Å². The van der Waals surface area contributed by atoms with Crippen molar-refractivity contribution in [1.82, 2.24) is 15.3 Å². The quantitative estimate of drug-likeness (QED) is 0.338. The predicted octanol–water partition coefficient (Wildman–Crippen LogP) is 4.02. The highest BCUT2D eigenvalue weighted by molar-refractivity contribution is 5.82. The number of aldehydes is 1. The summed E-state index contributed by atoms with van der Waals surface area (Å²) >= 11 is 0. The minimum absolute atomic E-state index is 0.00662. The van der Waals surface area contributed by atoms with E-state index in [1.54, 1.807) is 6.20 Å². The van der Waals surface area contributed by atoms with Crippen molar-refractivity contribution in [3.8, 4) is 5.75 Å². The molecule has 3 aromatic rings. The summed E-state index contributed by atoms with van der Waals surface area (Å²) in [6, 6.07) is 18.5. The minimum atomic E-state index is -0.00662. The summed E-state index contributed by atoms with van der Waals surface area (Å²) < 4.78 is 6.33. The van der Waals surface area contributed by atoms with E-state index in [0.29, 0.717) is 30.4 Å². The summed E-state index contributed by atoms with van der Waals surface area (Å²) in [6.07, 6.45) is 3.23. The third kappa shape index (κ3) is 7.42. The van der Waals surface area contributed by atoms with Crippen molar-refractivity contribution in [3.63, 3.8) is 0 Å². The lowest BCUT2D eigenvalue weighted by Gasteiger charge is -2.25. The van der Waals surface area contributed by atoms with E-state index < -0.39 is 0 Å². The average molecular weight is 477 g/mol. The van der Waals surface area contributed by atoms with Crippen molar-refractivity contribution < 1.29 is 9.53 Å². The summed E-state index contributed by atoms with van der Waals surface area (Å²) in [7, 11) is 5.94. The van der Waals surface area contributed by atoms with Crippen LogP contribution in [0.4, 0.5) is 17.5 Å². The molecule has 0 bridgehead atoms. The highest BCUT2D eigenvalue weighted by Gasteiger charge is 2.14. The molecule has 8 heteroatoms. The van der Waals surface area contributed by atoms with Crippen molar-refractivity contribution in [2.24, 2.45) is 0 Å². The van der Waals surface area contributed by atoms with Gasteiger partial charge in [-0.2, -0.15) is 4.98 Å². The Bertz CT molecular complexity index is 1050. The smallest absolute Gasteiger partial charge is 0.224 e. The number of benzene rings is 2. The van der Waals surface area contributed by atoms with Crippen LogP contribution in [0.2, 0.25) is 0 Å². The first-order chi connectivity index (χ1) is 17.0. The molecule has 1 aromatic heterocycles. The van der Waals surface area contributed by atoms with Crippen molar-refractivity contribution in [2.75, 3.05) is 62.4 Å². The molecule has 1 unspecified atom stereocenters. The second-order valence-electron chi connectivity index (χ2n) is 8.37. The van der Waals surface area contributed by atoms with Gasteiger partial charge in [-0.05, 0) is 50.3 Å². The molecular formula is C27H36N6O2. The van der Waals surface area contributed by atoms with Crippen LogP contribution in [0.1, 0.15) is 35.4 Å². The number of anilines is 3. The summed E-state index contributed by atoms with van der Waals surface area (Å²) in [5, 5.41) is 6.30. The molecular weight excluding hydrogens is 440 g/mol. The first-order valence-electron chi connectivity index (χ1n) is 12.0. The van der Waals surface area contributed by atoms with Crippen LogP contribution in [0.5, 0.6) is 5.75 Å². The van der Waals surface area contributed by atoms with E-state index in [1.807, 2.05) is 63.3 Å². The Hall–Kier alpha value is -3.65. The molecule has 186 valence electrons. The van der Waals surface area contributed by atoms with E-state index in [2.05, 4.69) is 49.8 Å². The van der Waals surface area contributed by atoms with Gasteiger partial charge in [0.1, 0.15) is 17.7 Å². The fourth-order valence-corrected chi connectivity index (χ4v) is 3.73. The van der Waals surface area contributed by atoms with E-state index in [-0.39, 0.29) is 6.10 Å². The van der Waals surface area contributed by atoms with Gasteiger partial charge in [-0.1, -0.05) is 30.3 Å². The van der Waals surface area contributed by atoms with E-state index in [9.17, 15) is 4.79 Å². The maximum atomic E-state index is 11.5. The molecule has 0 amide bonds. The fourth-order valence-electron chi connectivity index (χ4n) is 3.73. The zero-order valence-electron chi connectivity index (χ0n) is 21.1. The molecule has 0 spiro atoms. The van der Waals surface area contributed by atoms with E-state index in [4.69, 9.17) is 4.74 Å². The Morgan fingerprint density at radius 3 is 2.40 bits per heavy atom. The van der Waals surface area contributed by atoms with Gasteiger partial charge < -0.3 is 25.2 Å². The number of aromatic nitrogens is 2. The fraction of sp³-hybridized carbons (Fsp3) is 0.370. The molecule has 0 aliphatic carbocycles. The first kappa shape index (κ1) is 26.0. The Morgan fingerprint density at radius 2 is 1.74 bits per heavy atom. The van der Waals surface area contributed by atoms with Gasteiger partial charge in [0.25, 0.3) is 0 Å². The number of carbonyl (C=O) groups is 1. The monoisotopic (exact) mass is 476 g/mol. The van der Waals surface area contributed by atoms with Crippen LogP contribution in [0.25, 0.3) is 0 Å². The van der Waals surface area contributed by atoms with Gasteiger partial charge in [-0.3, -0.25) is 4.79 Å². The van der Waals surface area contributed by atoms with Gasteiger partial charge >= 0.3 is 0 Å². The zero-order chi connectivity index (χ0) is 25.0. The molecule has 1 heterocycles. The Labute approximate surface area is 208 Å². The number of likely N-dealkylation sites (N-methyl/N-ethyl adjacent to an activating group) is 2. The van der Waals surface area contributed by atoms with Gasteiger partial charge in [0.05, 0.1) is 5.56 Å². The number of hydrogen-bond acceptors (Lipinski definition) is 8. The molecule has 8 nitrogen and oxygen atoms in total. The van der Waals surface area contributed by atoms with Crippen LogP contribution in [-0.4, -0.2) is 63.6 Å². The predicted molar refractivity (Wildman–Crippen MR) is 143 cm³/mol. The van der Waals surface area contributed by atoms with Crippen LogP contribution in [0.15, 0.2) is 60.8 Å². The lowest BCUT2D eigenvalue weighted by molar-refractivity contribution is 0.112. The van der Waals surface area contributed by atoms with E-state index in [0.717, 1.165) is 37.2 Å². The van der Waals surface area contributed by atoms with Gasteiger partial charge in [-0.25, -0.2) is 4.98 Å². The van der Waals surface area contributed by atoms with Gasteiger partial charge in [0.2, 0.25) is 5.95 Å². The lowest BCUT2D eigenvalue weighted by atomic mass is 10.1. The number of nitrogens with one attached hydrogen (secondary N) is 2. The molecule has 0 fully saturated rings. The molecule has 3 rings (SSSR count). The molecule has 0 saturated heterocycles. The summed E-state index contributed by atoms with van der Waals surface area (Å²) in [5.74, 6) is 1.99. The molecule has 0 aliphatic rings. The number of carbonyl (C=O) groups excluding carboxylic acids is 1. The topological polar surface area (TPSA) is 82.6 Å². The van der Waals surface area contributed by atoms with Crippen LogP contribution < -0.4 is 25.2 Å². The molecule has 1 atom stereocenters. The number of rotatable bonds is 14. The van der Waals surface area contributed by atoms with Gasteiger partial charge in [0, 0.05) is 52.0 Å². The zero-order valence-corrected chi connectivity index (χ0v) is 21.1. The third-order valence-corrected chi connectivity index (χ3v) is 5.77. The van der Waals surface area contributed by atoms with E-state index >= 15 is 0 Å². The summed E-state index contributed by atoms with van der Waals surface area (Å²) in [4.78, 5) is 24.3. The highest BCUT2D eigenvalue weighted by atomic mass is 16.5. The second-order valence-corrected chi connectivity index (χ2v) is 8.37. The van der Waals surface area contributed by atoms with E-state index in [1.165, 1.54) is 5.56 Å². The van der Waals surface area contributed by atoms with Crippen LogP contribution in [0.3, 0.4) is 0 Å². The van der Waals surface area contributed by atoms with Crippen LogP contribution in [-0.2, 0) is 0 Å². The van der Waals surface area contributed by atoms with Crippen molar-refractivity contribution in [2.45, 2.75) is 19.4 Å². The number of hydrogen-bond donors (Lipinski definition) is 2. The van der Waals surface area contributed by atoms with Crippen molar-refractivity contribution in [3.05, 3.63) is 71.9 Å².